The Balaban J connectivity index is 1.86. The summed E-state index contributed by atoms with van der Waals surface area (Å²) in [6.07, 6.45) is 2.47. The van der Waals surface area contributed by atoms with E-state index in [1.165, 1.54) is 11.8 Å². The Morgan fingerprint density at radius 2 is 2.08 bits per heavy atom. The zero-order valence-corrected chi connectivity index (χ0v) is 18.2. The fourth-order valence-corrected chi connectivity index (χ4v) is 3.72. The van der Waals surface area contributed by atoms with Gasteiger partial charge < -0.3 is 9.84 Å². The summed E-state index contributed by atoms with van der Waals surface area (Å²) in [5.74, 6) is 0.871. The molecule has 0 saturated carbocycles. The lowest BCUT2D eigenvalue weighted by Crippen LogP contribution is -2.24. The van der Waals surface area contributed by atoms with Crippen molar-refractivity contribution in [3.05, 3.63) is 55.6 Å². The Bertz CT molecular complexity index is 794. The summed E-state index contributed by atoms with van der Waals surface area (Å²) in [5.41, 5.74) is 4.14. The van der Waals surface area contributed by atoms with E-state index in [2.05, 4.69) is 40.3 Å². The van der Waals surface area contributed by atoms with E-state index in [0.717, 1.165) is 10.9 Å². The van der Waals surface area contributed by atoms with Gasteiger partial charge in [-0.25, -0.2) is 5.43 Å². The molecule has 1 atom stereocenters. The molecule has 0 unspecified atom stereocenters. The van der Waals surface area contributed by atoms with Crippen LogP contribution in [0.5, 0.6) is 11.5 Å². The lowest BCUT2D eigenvalue weighted by molar-refractivity contribution is -0.123. The zero-order valence-electron chi connectivity index (χ0n) is 14.5. The molecule has 0 aliphatic carbocycles. The van der Waals surface area contributed by atoms with Gasteiger partial charge >= 0.3 is 0 Å². The number of carbonyl (C=O) groups is 1. The van der Waals surface area contributed by atoms with Crippen molar-refractivity contribution in [2.75, 3.05) is 6.61 Å². The summed E-state index contributed by atoms with van der Waals surface area (Å²) in [6, 6.07) is 11.2. The molecule has 2 rings (SSSR count). The number of benzene rings is 2. The van der Waals surface area contributed by atoms with Gasteiger partial charge in [-0.15, -0.1) is 0 Å². The van der Waals surface area contributed by atoms with Crippen LogP contribution in [-0.2, 0) is 4.79 Å². The highest BCUT2D eigenvalue weighted by Crippen LogP contribution is 2.27. The molecule has 5 nitrogen and oxygen atoms in total. The smallest absolute Gasteiger partial charge is 0.277 e. The Kier molecular flexibility index (Phi) is 7.89. The fourth-order valence-electron chi connectivity index (χ4n) is 2.17. The van der Waals surface area contributed by atoms with E-state index >= 15 is 0 Å². The molecule has 1 amide bonds. The number of aromatic hydroxyl groups is 1. The van der Waals surface area contributed by atoms with Crippen molar-refractivity contribution in [3.63, 3.8) is 0 Å². The Morgan fingerprint density at radius 1 is 1.38 bits per heavy atom. The highest BCUT2D eigenvalue weighted by Gasteiger charge is 2.07. The summed E-state index contributed by atoms with van der Waals surface area (Å²) in [5, 5.41) is 13.8. The number of rotatable bonds is 7. The number of ether oxygens (including phenoxy) is 1. The van der Waals surface area contributed by atoms with Crippen molar-refractivity contribution in [1.29, 1.82) is 0 Å². The molecule has 0 aliphatic rings. The van der Waals surface area contributed by atoms with Crippen LogP contribution >= 0.6 is 38.5 Å². The van der Waals surface area contributed by atoms with Crippen molar-refractivity contribution >= 4 is 50.6 Å². The Morgan fingerprint density at radius 3 is 2.73 bits per heavy atom. The summed E-state index contributed by atoms with van der Waals surface area (Å²) in [7, 11) is 0. The van der Waals surface area contributed by atoms with Crippen LogP contribution in [0.25, 0.3) is 0 Å². The maximum absolute atomic E-state index is 11.8. The maximum atomic E-state index is 11.8. The summed E-state index contributed by atoms with van der Waals surface area (Å²) >= 11 is 5.37. The van der Waals surface area contributed by atoms with Gasteiger partial charge in [0.1, 0.15) is 11.5 Å². The van der Waals surface area contributed by atoms with Crippen molar-refractivity contribution in [2.45, 2.75) is 26.2 Å². The van der Waals surface area contributed by atoms with Crippen LogP contribution in [0.2, 0.25) is 0 Å². The average molecular weight is 531 g/mol. The molecule has 138 valence electrons. The highest BCUT2D eigenvalue weighted by molar-refractivity contribution is 14.1. The molecule has 2 aromatic rings. The largest absolute Gasteiger partial charge is 0.506 e. The van der Waals surface area contributed by atoms with E-state index in [-0.39, 0.29) is 18.3 Å². The van der Waals surface area contributed by atoms with E-state index in [4.69, 9.17) is 4.74 Å². The summed E-state index contributed by atoms with van der Waals surface area (Å²) in [4.78, 5) is 11.8. The van der Waals surface area contributed by atoms with Crippen LogP contribution in [0.1, 0.15) is 37.3 Å². The number of hydrogen-bond acceptors (Lipinski definition) is 4. The number of carbonyl (C=O) groups excluding carboxylic acids is 1. The fraction of sp³-hybridized carbons (Fsp3) is 0.263. The molecule has 7 heteroatoms. The number of halogens is 2. The third kappa shape index (κ3) is 5.98. The molecule has 26 heavy (non-hydrogen) atoms. The van der Waals surface area contributed by atoms with Crippen LogP contribution < -0.4 is 10.2 Å². The molecule has 0 spiro atoms. The van der Waals surface area contributed by atoms with Crippen LogP contribution in [0.3, 0.4) is 0 Å². The van der Waals surface area contributed by atoms with Crippen LogP contribution in [0.15, 0.2) is 46.0 Å². The van der Waals surface area contributed by atoms with E-state index in [0.29, 0.717) is 20.8 Å². The molecule has 0 saturated heterocycles. The summed E-state index contributed by atoms with van der Waals surface area (Å²) < 4.78 is 6.96. The van der Waals surface area contributed by atoms with Gasteiger partial charge in [0.05, 0.1) is 9.78 Å². The SMILES string of the molecule is CC[C@H](C)c1ccc(OCC(=O)N/N=C\c2cc(Br)cc(I)c2O)cc1. The van der Waals surface area contributed by atoms with E-state index in [1.54, 1.807) is 12.1 Å². The second-order valence-electron chi connectivity index (χ2n) is 5.79. The van der Waals surface area contributed by atoms with Crippen LogP contribution in [0.4, 0.5) is 0 Å². The minimum atomic E-state index is -0.378. The highest BCUT2D eigenvalue weighted by atomic mass is 127. The summed E-state index contributed by atoms with van der Waals surface area (Å²) in [6.45, 7) is 4.18. The molecular formula is C19H20BrIN2O3. The van der Waals surface area contributed by atoms with Gasteiger partial charge in [-0.05, 0) is 64.8 Å². The molecule has 0 aliphatic heterocycles. The number of amides is 1. The van der Waals surface area contributed by atoms with Gasteiger partial charge in [0.25, 0.3) is 5.91 Å². The van der Waals surface area contributed by atoms with Gasteiger partial charge in [0, 0.05) is 10.0 Å². The number of hydrogen-bond donors (Lipinski definition) is 2. The standard InChI is InChI=1S/C19H20BrIN2O3/c1-3-12(2)13-4-6-16(7-5-13)26-11-18(24)23-22-10-14-8-15(20)9-17(21)19(14)25/h4-10,12,25H,3,11H2,1-2H3,(H,23,24)/b22-10-/t12-/m0/s1. The lowest BCUT2D eigenvalue weighted by atomic mass is 9.99. The monoisotopic (exact) mass is 530 g/mol. The quantitative estimate of drug-likeness (QED) is 0.307. The second kappa shape index (κ2) is 9.91. The average Bonchev–Trinajstić information content (AvgIpc) is 2.63. The number of phenols is 1. The van der Waals surface area contributed by atoms with Crippen molar-refractivity contribution < 1.29 is 14.6 Å². The van der Waals surface area contributed by atoms with E-state index in [1.807, 2.05) is 46.9 Å². The number of nitrogens with one attached hydrogen (secondary N) is 1. The first-order valence-electron chi connectivity index (χ1n) is 8.13. The maximum Gasteiger partial charge on any atom is 0.277 e. The molecule has 0 heterocycles. The van der Waals surface area contributed by atoms with Crippen LogP contribution in [0, 0.1) is 3.57 Å². The molecule has 0 fully saturated rings. The minimum Gasteiger partial charge on any atom is -0.506 e. The molecular weight excluding hydrogens is 511 g/mol. The third-order valence-electron chi connectivity index (χ3n) is 3.88. The van der Waals surface area contributed by atoms with Gasteiger partial charge in [0.15, 0.2) is 6.61 Å². The van der Waals surface area contributed by atoms with Crippen molar-refractivity contribution in [3.8, 4) is 11.5 Å². The number of phenolic OH excluding ortho intramolecular Hbond substituents is 1. The van der Waals surface area contributed by atoms with Gasteiger partial charge in [-0.2, -0.15) is 5.10 Å². The second-order valence-corrected chi connectivity index (χ2v) is 7.86. The number of hydrazone groups is 1. The van der Waals surface area contributed by atoms with E-state index in [9.17, 15) is 9.90 Å². The minimum absolute atomic E-state index is 0.115. The Hall–Kier alpha value is -1.61. The van der Waals surface area contributed by atoms with Gasteiger partial charge in [0.2, 0.25) is 0 Å². The molecule has 0 aromatic heterocycles. The third-order valence-corrected chi connectivity index (χ3v) is 5.16. The zero-order chi connectivity index (χ0) is 19.1. The lowest BCUT2D eigenvalue weighted by Gasteiger charge is -2.10. The van der Waals surface area contributed by atoms with Crippen LogP contribution in [-0.4, -0.2) is 23.8 Å². The predicted octanol–water partition coefficient (Wildman–Crippen LogP) is 4.80. The van der Waals surface area contributed by atoms with Gasteiger partial charge in [-0.1, -0.05) is 41.9 Å². The predicted molar refractivity (Wildman–Crippen MR) is 115 cm³/mol. The number of nitrogens with zero attached hydrogens (tertiary/aromatic N) is 1. The first-order chi connectivity index (χ1) is 12.4. The van der Waals surface area contributed by atoms with Gasteiger partial charge in [-0.3, -0.25) is 4.79 Å². The molecule has 0 radical (unpaired) electrons. The molecule has 2 aromatic carbocycles. The van der Waals surface area contributed by atoms with Crippen molar-refractivity contribution in [2.24, 2.45) is 5.10 Å². The first kappa shape index (κ1) is 20.7. The molecule has 0 bridgehead atoms. The van der Waals surface area contributed by atoms with E-state index < -0.39 is 0 Å². The normalized spacial score (nSPS) is 12.2. The first-order valence-corrected chi connectivity index (χ1v) is 10.0. The molecule has 2 N–H and O–H groups in total. The topological polar surface area (TPSA) is 70.9 Å². The Labute approximate surface area is 175 Å². The van der Waals surface area contributed by atoms with Crippen molar-refractivity contribution in [1.82, 2.24) is 5.43 Å².